The summed E-state index contributed by atoms with van der Waals surface area (Å²) < 4.78 is 6.64. The van der Waals surface area contributed by atoms with E-state index in [1.807, 2.05) is 26.0 Å². The lowest BCUT2D eigenvalue weighted by molar-refractivity contribution is 0.0796. The molecule has 3 heterocycles. The Balaban J connectivity index is 2.11. The molecule has 0 saturated heterocycles. The van der Waals surface area contributed by atoms with E-state index in [4.69, 9.17) is 4.74 Å². The largest absolute Gasteiger partial charge is 0.480 e. The predicted molar refractivity (Wildman–Crippen MR) is 96.3 cm³/mol. The molecule has 0 bridgehead atoms. The molecule has 3 aromatic rings. The van der Waals surface area contributed by atoms with E-state index < -0.39 is 0 Å². The number of pyridine rings is 1. The highest BCUT2D eigenvalue weighted by atomic mass is 16.5. The van der Waals surface area contributed by atoms with Crippen LogP contribution in [-0.2, 0) is 0 Å². The fourth-order valence-electron chi connectivity index (χ4n) is 2.36. The molecule has 0 unspecified atom stereocenters. The molecule has 0 spiro atoms. The van der Waals surface area contributed by atoms with Gasteiger partial charge in [0.1, 0.15) is 0 Å². The van der Waals surface area contributed by atoms with Gasteiger partial charge in [-0.3, -0.25) is 9.78 Å². The maximum Gasteiger partial charge on any atom is 0.274 e. The molecule has 0 fully saturated rings. The first-order valence-corrected chi connectivity index (χ1v) is 8.20. The van der Waals surface area contributed by atoms with Crippen LogP contribution < -0.4 is 4.74 Å². The number of hydrogen-bond donors (Lipinski definition) is 0. The molecule has 8 nitrogen and oxygen atoms in total. The number of nitrogens with zero attached hydrogens (tertiary/aromatic N) is 6. The minimum Gasteiger partial charge on any atom is -0.480 e. The van der Waals surface area contributed by atoms with Crippen molar-refractivity contribution >= 4 is 5.91 Å². The van der Waals surface area contributed by atoms with Crippen LogP contribution in [-0.4, -0.2) is 56.5 Å². The predicted octanol–water partition coefficient (Wildman–Crippen LogP) is 2.13. The van der Waals surface area contributed by atoms with Crippen LogP contribution in [0, 0.1) is 6.92 Å². The summed E-state index contributed by atoms with van der Waals surface area (Å²) in [7, 11) is 3.26. The van der Waals surface area contributed by atoms with Gasteiger partial charge in [0, 0.05) is 37.1 Å². The van der Waals surface area contributed by atoms with Gasteiger partial charge in [-0.2, -0.15) is 5.10 Å². The Morgan fingerprint density at radius 2 is 2.04 bits per heavy atom. The second kappa shape index (κ2) is 7.30. The highest BCUT2D eigenvalue weighted by molar-refractivity contribution is 5.93. The summed E-state index contributed by atoms with van der Waals surface area (Å²) in [5, 5.41) is 12.6. The van der Waals surface area contributed by atoms with E-state index in [1.54, 1.807) is 41.0 Å². The number of rotatable bonds is 5. The molecule has 0 aromatic carbocycles. The highest BCUT2D eigenvalue weighted by Gasteiger charge is 2.20. The van der Waals surface area contributed by atoms with Crippen molar-refractivity contribution in [3.63, 3.8) is 0 Å². The number of carbonyl (C=O) groups is 1. The molecule has 0 saturated carbocycles. The first-order valence-electron chi connectivity index (χ1n) is 8.20. The normalized spacial score (nSPS) is 10.6. The third kappa shape index (κ3) is 3.39. The van der Waals surface area contributed by atoms with E-state index in [1.165, 1.54) is 7.11 Å². The minimum absolute atomic E-state index is 0.158. The molecule has 8 heteroatoms. The Morgan fingerprint density at radius 3 is 2.62 bits per heavy atom. The zero-order valence-corrected chi connectivity index (χ0v) is 15.2. The Labute approximate surface area is 151 Å². The van der Waals surface area contributed by atoms with Gasteiger partial charge < -0.3 is 9.64 Å². The number of methoxy groups -OCH3 is 1. The SMILES string of the molecule is CCN(C)C(=O)c1cc(-c2ccc(C)nc2)n(-c2ccc(OC)nn2)n1. The number of ether oxygens (including phenoxy) is 1. The van der Waals surface area contributed by atoms with Gasteiger partial charge in [0.15, 0.2) is 11.5 Å². The molecular formula is C18H20N6O2. The van der Waals surface area contributed by atoms with Gasteiger partial charge >= 0.3 is 0 Å². The van der Waals surface area contributed by atoms with Crippen LogP contribution in [0.2, 0.25) is 0 Å². The summed E-state index contributed by atoms with van der Waals surface area (Å²) >= 11 is 0. The van der Waals surface area contributed by atoms with Gasteiger partial charge in [-0.15, -0.1) is 10.2 Å². The average molecular weight is 352 g/mol. The molecular weight excluding hydrogens is 332 g/mol. The van der Waals surface area contributed by atoms with Crippen molar-refractivity contribution in [2.45, 2.75) is 13.8 Å². The first-order chi connectivity index (χ1) is 12.5. The Kier molecular flexibility index (Phi) is 4.92. The summed E-state index contributed by atoms with van der Waals surface area (Å²) in [6.45, 7) is 4.42. The van der Waals surface area contributed by atoms with E-state index in [2.05, 4.69) is 20.3 Å². The smallest absolute Gasteiger partial charge is 0.274 e. The quantitative estimate of drug-likeness (QED) is 0.699. The van der Waals surface area contributed by atoms with E-state index in [9.17, 15) is 4.79 Å². The van der Waals surface area contributed by atoms with Crippen LogP contribution in [0.4, 0.5) is 0 Å². The number of carbonyl (C=O) groups excluding carboxylic acids is 1. The molecule has 3 rings (SSSR count). The fourth-order valence-corrected chi connectivity index (χ4v) is 2.36. The fraction of sp³-hybridized carbons (Fsp3) is 0.278. The van der Waals surface area contributed by atoms with Gasteiger partial charge in [-0.05, 0) is 38.1 Å². The lowest BCUT2D eigenvalue weighted by Gasteiger charge is -2.11. The van der Waals surface area contributed by atoms with E-state index >= 15 is 0 Å². The van der Waals surface area contributed by atoms with Crippen molar-refractivity contribution in [1.29, 1.82) is 0 Å². The van der Waals surface area contributed by atoms with Crippen molar-refractivity contribution in [3.05, 3.63) is 47.9 Å². The highest BCUT2D eigenvalue weighted by Crippen LogP contribution is 2.24. The minimum atomic E-state index is -0.158. The molecule has 1 amide bonds. The Bertz CT molecular complexity index is 902. The Morgan fingerprint density at radius 1 is 1.23 bits per heavy atom. The molecule has 3 aromatic heterocycles. The van der Waals surface area contributed by atoms with Gasteiger partial charge in [0.25, 0.3) is 5.91 Å². The topological polar surface area (TPSA) is 86.0 Å². The molecule has 0 aliphatic carbocycles. The van der Waals surface area contributed by atoms with Crippen molar-refractivity contribution in [2.75, 3.05) is 20.7 Å². The number of amides is 1. The van der Waals surface area contributed by atoms with Crippen LogP contribution in [0.25, 0.3) is 17.1 Å². The van der Waals surface area contributed by atoms with Crippen LogP contribution in [0.1, 0.15) is 23.1 Å². The summed E-state index contributed by atoms with van der Waals surface area (Å²) in [4.78, 5) is 18.5. The van der Waals surface area contributed by atoms with E-state index in [0.717, 1.165) is 11.3 Å². The zero-order chi connectivity index (χ0) is 18.7. The van der Waals surface area contributed by atoms with Gasteiger partial charge in [-0.25, -0.2) is 4.68 Å². The van der Waals surface area contributed by atoms with Crippen LogP contribution in [0.5, 0.6) is 5.88 Å². The zero-order valence-electron chi connectivity index (χ0n) is 15.2. The van der Waals surface area contributed by atoms with Crippen molar-refractivity contribution < 1.29 is 9.53 Å². The molecule has 0 aliphatic rings. The molecule has 0 radical (unpaired) electrons. The third-order valence-corrected chi connectivity index (χ3v) is 4.01. The lowest BCUT2D eigenvalue weighted by atomic mass is 10.2. The maximum absolute atomic E-state index is 12.5. The Hall–Kier alpha value is -3.29. The molecule has 134 valence electrons. The standard InChI is InChI=1S/C18H20N6O2/c1-5-23(3)18(25)14-10-15(13-7-6-12(2)19-11-13)24(22-14)16-8-9-17(26-4)21-20-16/h6-11H,5H2,1-4H3. The summed E-state index contributed by atoms with van der Waals surface area (Å²) in [5.41, 5.74) is 2.79. The number of aromatic nitrogens is 5. The summed E-state index contributed by atoms with van der Waals surface area (Å²) in [6, 6.07) is 9.02. The second-order valence-electron chi connectivity index (χ2n) is 5.77. The summed E-state index contributed by atoms with van der Waals surface area (Å²) in [5.74, 6) is 0.732. The van der Waals surface area contributed by atoms with Crippen LogP contribution in [0.15, 0.2) is 36.5 Å². The van der Waals surface area contributed by atoms with Crippen molar-refractivity contribution in [3.8, 4) is 23.0 Å². The summed E-state index contributed by atoms with van der Waals surface area (Å²) in [6.07, 6.45) is 1.75. The second-order valence-corrected chi connectivity index (χ2v) is 5.77. The molecule has 0 N–H and O–H groups in total. The lowest BCUT2D eigenvalue weighted by Crippen LogP contribution is -2.26. The molecule has 0 aliphatic heterocycles. The van der Waals surface area contributed by atoms with Gasteiger partial charge in [-0.1, -0.05) is 0 Å². The number of aryl methyl sites for hydroxylation is 1. The van der Waals surface area contributed by atoms with Gasteiger partial charge in [0.05, 0.1) is 12.8 Å². The molecule has 0 atom stereocenters. The third-order valence-electron chi connectivity index (χ3n) is 4.01. The maximum atomic E-state index is 12.5. The van der Waals surface area contributed by atoms with Gasteiger partial charge in [0.2, 0.25) is 5.88 Å². The van der Waals surface area contributed by atoms with Crippen molar-refractivity contribution in [2.24, 2.45) is 0 Å². The monoisotopic (exact) mass is 352 g/mol. The van der Waals surface area contributed by atoms with Crippen molar-refractivity contribution in [1.82, 2.24) is 29.9 Å². The molecule has 26 heavy (non-hydrogen) atoms. The van der Waals surface area contributed by atoms with Crippen LogP contribution in [0.3, 0.4) is 0 Å². The van der Waals surface area contributed by atoms with E-state index in [-0.39, 0.29) is 5.91 Å². The van der Waals surface area contributed by atoms with E-state index in [0.29, 0.717) is 29.6 Å². The average Bonchev–Trinajstić information content (AvgIpc) is 3.12. The first kappa shape index (κ1) is 17.5. The van der Waals surface area contributed by atoms with Crippen LogP contribution >= 0.6 is 0 Å². The number of hydrogen-bond acceptors (Lipinski definition) is 6.